The molecule has 3 nitrogen and oxygen atoms in total. The highest BCUT2D eigenvalue weighted by Crippen LogP contribution is 2.24. The number of hydrogen-bond acceptors (Lipinski definition) is 2. The lowest BCUT2D eigenvalue weighted by Crippen LogP contribution is -2.10. The van der Waals surface area contributed by atoms with Gasteiger partial charge in [0.15, 0.2) is 0 Å². The lowest BCUT2D eigenvalue weighted by atomic mass is 10.1. The predicted molar refractivity (Wildman–Crippen MR) is 49.3 cm³/mol. The number of benzene rings is 1. The van der Waals surface area contributed by atoms with Gasteiger partial charge in [0.1, 0.15) is 5.84 Å². The fraction of sp³-hybridized carbons (Fsp3) is 0.111. The average molecular weight is 159 g/mol. The van der Waals surface area contributed by atoms with Crippen molar-refractivity contribution in [3.63, 3.8) is 0 Å². The fourth-order valence-corrected chi connectivity index (χ4v) is 1.27. The topological polar surface area (TPSA) is 62.2 Å². The summed E-state index contributed by atoms with van der Waals surface area (Å²) in [6.45, 7) is 0. The van der Waals surface area contributed by atoms with Gasteiger partial charge in [0.25, 0.3) is 0 Å². The maximum Gasteiger partial charge on any atom is 0.122 e. The van der Waals surface area contributed by atoms with Crippen LogP contribution < -0.4 is 5.73 Å². The monoisotopic (exact) mass is 159 g/mol. The van der Waals surface area contributed by atoms with Crippen LogP contribution in [0.4, 0.5) is 5.69 Å². The number of nitrogens with two attached hydrogens (primary N) is 1. The summed E-state index contributed by atoms with van der Waals surface area (Å²) < 4.78 is 0. The number of nitrogen functional groups attached to an aromatic ring is 1. The molecular formula is C9H9N3. The van der Waals surface area contributed by atoms with Crippen LogP contribution in [0.25, 0.3) is 0 Å². The molecule has 2 rings (SSSR count). The van der Waals surface area contributed by atoms with Crippen LogP contribution in [-0.2, 0) is 6.42 Å². The number of rotatable bonds is 1. The summed E-state index contributed by atoms with van der Waals surface area (Å²) in [5, 5.41) is 7.22. The van der Waals surface area contributed by atoms with Gasteiger partial charge in [-0.1, -0.05) is 12.1 Å². The van der Waals surface area contributed by atoms with Crippen LogP contribution in [0.5, 0.6) is 0 Å². The van der Waals surface area contributed by atoms with Crippen molar-refractivity contribution in [1.82, 2.24) is 0 Å². The van der Waals surface area contributed by atoms with Crippen molar-refractivity contribution in [2.75, 3.05) is 0 Å². The van der Waals surface area contributed by atoms with Gasteiger partial charge in [0, 0.05) is 18.2 Å². The summed E-state index contributed by atoms with van der Waals surface area (Å²) in [4.78, 5) is 4.17. The predicted octanol–water partition coefficient (Wildman–Crippen LogP) is 1.23. The van der Waals surface area contributed by atoms with Gasteiger partial charge >= 0.3 is 0 Å². The summed E-state index contributed by atoms with van der Waals surface area (Å²) in [6.07, 6.45) is 2.77. The number of fused-ring (bicyclic) bond motifs is 1. The molecule has 0 atom stereocenters. The van der Waals surface area contributed by atoms with Gasteiger partial charge in [-0.2, -0.15) is 0 Å². The number of hydrogen-bond donors (Lipinski definition) is 2. The molecule has 0 amide bonds. The van der Waals surface area contributed by atoms with Crippen LogP contribution in [-0.4, -0.2) is 12.1 Å². The Morgan fingerprint density at radius 2 is 2.33 bits per heavy atom. The van der Waals surface area contributed by atoms with Gasteiger partial charge in [0.05, 0.1) is 5.69 Å². The van der Waals surface area contributed by atoms with E-state index in [4.69, 9.17) is 11.1 Å². The Labute approximate surface area is 70.4 Å². The third-order valence-corrected chi connectivity index (χ3v) is 1.94. The molecule has 1 aliphatic heterocycles. The lowest BCUT2D eigenvalue weighted by molar-refractivity contribution is 1.38. The van der Waals surface area contributed by atoms with E-state index in [9.17, 15) is 0 Å². The average Bonchev–Trinajstić information content (AvgIpc) is 2.49. The summed E-state index contributed by atoms with van der Waals surface area (Å²) >= 11 is 0. The van der Waals surface area contributed by atoms with E-state index in [0.717, 1.165) is 17.7 Å². The second kappa shape index (κ2) is 2.44. The smallest absolute Gasteiger partial charge is 0.122 e. The van der Waals surface area contributed by atoms with Gasteiger partial charge in [-0.3, -0.25) is 10.4 Å². The highest BCUT2D eigenvalue weighted by Gasteiger charge is 2.07. The van der Waals surface area contributed by atoms with Crippen LogP contribution in [0.1, 0.15) is 11.1 Å². The Morgan fingerprint density at radius 1 is 1.50 bits per heavy atom. The van der Waals surface area contributed by atoms with Crippen LogP contribution in [0.15, 0.2) is 23.2 Å². The van der Waals surface area contributed by atoms with Gasteiger partial charge in [-0.15, -0.1) is 0 Å². The molecule has 0 fully saturated rings. The molecule has 0 unspecified atom stereocenters. The minimum absolute atomic E-state index is 0.0971. The first kappa shape index (κ1) is 7.03. The van der Waals surface area contributed by atoms with E-state index in [1.807, 2.05) is 24.4 Å². The molecule has 0 aliphatic carbocycles. The molecule has 1 aliphatic rings. The van der Waals surface area contributed by atoms with Gasteiger partial charge in [0.2, 0.25) is 0 Å². The molecule has 0 saturated carbocycles. The van der Waals surface area contributed by atoms with Crippen molar-refractivity contribution in [3.8, 4) is 0 Å². The van der Waals surface area contributed by atoms with Crippen LogP contribution in [0.2, 0.25) is 0 Å². The van der Waals surface area contributed by atoms with Crippen LogP contribution in [0, 0.1) is 5.41 Å². The van der Waals surface area contributed by atoms with Crippen molar-refractivity contribution in [2.45, 2.75) is 6.42 Å². The molecule has 0 bridgehead atoms. The molecule has 1 aromatic carbocycles. The Hall–Kier alpha value is -1.64. The summed E-state index contributed by atoms with van der Waals surface area (Å²) in [6, 6.07) is 5.68. The van der Waals surface area contributed by atoms with Crippen molar-refractivity contribution in [1.29, 1.82) is 5.41 Å². The van der Waals surface area contributed by atoms with Gasteiger partial charge in [-0.05, 0) is 11.6 Å². The van der Waals surface area contributed by atoms with E-state index in [-0.39, 0.29) is 5.84 Å². The quantitative estimate of drug-likeness (QED) is 0.469. The van der Waals surface area contributed by atoms with Crippen molar-refractivity contribution in [2.24, 2.45) is 10.7 Å². The fourth-order valence-electron chi connectivity index (χ4n) is 1.27. The van der Waals surface area contributed by atoms with Crippen molar-refractivity contribution < 1.29 is 0 Å². The Balaban J connectivity index is 2.51. The molecule has 1 aromatic rings. The van der Waals surface area contributed by atoms with Crippen molar-refractivity contribution >= 4 is 17.7 Å². The largest absolute Gasteiger partial charge is 0.384 e. The second-order valence-corrected chi connectivity index (χ2v) is 2.77. The molecule has 0 radical (unpaired) electrons. The summed E-state index contributed by atoms with van der Waals surface area (Å²) in [5.74, 6) is 0.0971. The van der Waals surface area contributed by atoms with Gasteiger partial charge in [-0.25, -0.2) is 0 Å². The Bertz CT molecular complexity index is 366. The zero-order valence-corrected chi connectivity index (χ0v) is 6.54. The second-order valence-electron chi connectivity index (χ2n) is 2.77. The standard InChI is InChI=1S/C9H9N3/c10-9(11)7-2-1-6-3-4-12-8(6)5-7/h1-2,4-5H,3H2,(H3,10,11). The molecule has 60 valence electrons. The maximum absolute atomic E-state index is 7.22. The maximum atomic E-state index is 7.22. The zero-order chi connectivity index (χ0) is 8.55. The third-order valence-electron chi connectivity index (χ3n) is 1.94. The first-order valence-corrected chi connectivity index (χ1v) is 3.77. The van der Waals surface area contributed by atoms with E-state index < -0.39 is 0 Å². The normalized spacial score (nSPS) is 13.0. The minimum Gasteiger partial charge on any atom is -0.384 e. The van der Waals surface area contributed by atoms with E-state index >= 15 is 0 Å². The number of nitrogens with zero attached hydrogens (tertiary/aromatic N) is 1. The summed E-state index contributed by atoms with van der Waals surface area (Å²) in [5.41, 5.74) is 8.24. The Kier molecular flexibility index (Phi) is 1.43. The molecule has 0 saturated heterocycles. The highest BCUT2D eigenvalue weighted by atomic mass is 14.8. The first-order chi connectivity index (χ1) is 5.77. The number of amidine groups is 1. The zero-order valence-electron chi connectivity index (χ0n) is 6.54. The van der Waals surface area contributed by atoms with Crippen molar-refractivity contribution in [3.05, 3.63) is 29.3 Å². The molecule has 0 spiro atoms. The molecule has 3 N–H and O–H groups in total. The minimum atomic E-state index is 0.0971. The number of aliphatic imine (C=N–C) groups is 1. The molecule has 1 heterocycles. The van der Waals surface area contributed by atoms with E-state index in [1.165, 1.54) is 5.56 Å². The molecular weight excluding hydrogens is 150 g/mol. The van der Waals surface area contributed by atoms with E-state index in [0.29, 0.717) is 0 Å². The van der Waals surface area contributed by atoms with E-state index in [1.54, 1.807) is 0 Å². The van der Waals surface area contributed by atoms with Gasteiger partial charge < -0.3 is 5.73 Å². The summed E-state index contributed by atoms with van der Waals surface area (Å²) in [7, 11) is 0. The van der Waals surface area contributed by atoms with Crippen LogP contribution in [0.3, 0.4) is 0 Å². The third kappa shape index (κ3) is 0.993. The SMILES string of the molecule is N=C(N)c1ccc2c(c1)N=CC2. The molecule has 3 heteroatoms. The first-order valence-electron chi connectivity index (χ1n) is 3.77. The highest BCUT2D eigenvalue weighted by molar-refractivity contribution is 5.96. The number of nitrogens with one attached hydrogen (secondary N) is 1. The lowest BCUT2D eigenvalue weighted by Gasteiger charge is -2.00. The molecule has 0 aromatic heterocycles. The van der Waals surface area contributed by atoms with E-state index in [2.05, 4.69) is 4.99 Å². The molecule has 12 heavy (non-hydrogen) atoms. The Morgan fingerprint density at radius 3 is 3.08 bits per heavy atom. The van der Waals surface area contributed by atoms with Crippen LogP contribution >= 0.6 is 0 Å².